The van der Waals surface area contributed by atoms with Gasteiger partial charge in [0.1, 0.15) is 0 Å². The van der Waals surface area contributed by atoms with Crippen LogP contribution in [0.3, 0.4) is 0 Å². The Morgan fingerprint density at radius 3 is 2.53 bits per heavy atom. The van der Waals surface area contributed by atoms with Gasteiger partial charge < -0.3 is 10.6 Å². The molecule has 17 heavy (non-hydrogen) atoms. The molecule has 1 aromatic carbocycles. The quantitative estimate of drug-likeness (QED) is 0.903. The highest BCUT2D eigenvalue weighted by Gasteiger charge is 2.10. The van der Waals surface area contributed by atoms with Gasteiger partial charge in [-0.25, -0.2) is 4.98 Å². The first-order valence-corrected chi connectivity index (χ1v) is 6.55. The summed E-state index contributed by atoms with van der Waals surface area (Å²) in [6.07, 6.45) is 1.86. The molecule has 90 valence electrons. The molecule has 0 atom stereocenters. The van der Waals surface area contributed by atoms with Crippen molar-refractivity contribution in [2.24, 2.45) is 5.73 Å². The minimum atomic E-state index is 0.559. The van der Waals surface area contributed by atoms with Crippen LogP contribution in [0.25, 0.3) is 0 Å². The Balaban J connectivity index is 2.29. The van der Waals surface area contributed by atoms with Crippen molar-refractivity contribution in [1.29, 1.82) is 0 Å². The van der Waals surface area contributed by atoms with Crippen molar-refractivity contribution < 1.29 is 0 Å². The van der Waals surface area contributed by atoms with Gasteiger partial charge in [0.05, 0.1) is 0 Å². The molecule has 3 nitrogen and oxygen atoms in total. The maximum absolute atomic E-state index is 5.62. The lowest BCUT2D eigenvalue weighted by Crippen LogP contribution is -2.15. The van der Waals surface area contributed by atoms with E-state index in [9.17, 15) is 0 Å². The van der Waals surface area contributed by atoms with Crippen LogP contribution < -0.4 is 10.6 Å². The molecular weight excluding hydrogens is 230 g/mol. The van der Waals surface area contributed by atoms with E-state index >= 15 is 0 Å². The topological polar surface area (TPSA) is 42.2 Å². The number of hydrogen-bond donors (Lipinski definition) is 1. The van der Waals surface area contributed by atoms with Crippen LogP contribution in [0.2, 0.25) is 0 Å². The zero-order valence-corrected chi connectivity index (χ0v) is 11.0. The molecule has 2 rings (SSSR count). The second-order valence-corrected chi connectivity index (χ2v) is 4.99. The maximum Gasteiger partial charge on any atom is 0.190 e. The standard InChI is InChI=1S/C13H17N3S/c1-3-16(11-6-4-10(2)5-7-11)13-15-9-12(8-14)17-13/h4-7,9H,3,8,14H2,1-2H3. The molecule has 0 amide bonds. The largest absolute Gasteiger partial charge is 0.326 e. The summed E-state index contributed by atoms with van der Waals surface area (Å²) in [5.74, 6) is 0. The van der Waals surface area contributed by atoms with E-state index in [0.29, 0.717) is 6.54 Å². The van der Waals surface area contributed by atoms with Crippen LogP contribution in [0.5, 0.6) is 0 Å². The molecule has 0 fully saturated rings. The minimum absolute atomic E-state index is 0.559. The second kappa shape index (κ2) is 5.29. The van der Waals surface area contributed by atoms with Crippen LogP contribution in [0.4, 0.5) is 10.8 Å². The van der Waals surface area contributed by atoms with E-state index < -0.39 is 0 Å². The van der Waals surface area contributed by atoms with Crippen molar-refractivity contribution in [3.63, 3.8) is 0 Å². The summed E-state index contributed by atoms with van der Waals surface area (Å²) in [5, 5.41) is 1.01. The van der Waals surface area contributed by atoms with Gasteiger partial charge in [0, 0.05) is 29.9 Å². The van der Waals surface area contributed by atoms with E-state index in [2.05, 4.69) is 48.0 Å². The zero-order chi connectivity index (χ0) is 12.3. The van der Waals surface area contributed by atoms with Crippen LogP contribution >= 0.6 is 11.3 Å². The SMILES string of the molecule is CCN(c1ccc(C)cc1)c1ncc(CN)s1. The van der Waals surface area contributed by atoms with Crippen molar-refractivity contribution in [3.8, 4) is 0 Å². The maximum atomic E-state index is 5.62. The second-order valence-electron chi connectivity index (χ2n) is 3.89. The van der Waals surface area contributed by atoms with Crippen molar-refractivity contribution >= 4 is 22.2 Å². The highest BCUT2D eigenvalue weighted by atomic mass is 32.1. The Morgan fingerprint density at radius 1 is 1.29 bits per heavy atom. The number of hydrogen-bond acceptors (Lipinski definition) is 4. The molecule has 0 radical (unpaired) electrons. The highest BCUT2D eigenvalue weighted by molar-refractivity contribution is 7.15. The number of thiazole rings is 1. The van der Waals surface area contributed by atoms with Crippen LogP contribution in [0.15, 0.2) is 30.5 Å². The van der Waals surface area contributed by atoms with Gasteiger partial charge in [0.25, 0.3) is 0 Å². The molecule has 1 heterocycles. The average molecular weight is 247 g/mol. The minimum Gasteiger partial charge on any atom is -0.326 e. The van der Waals surface area contributed by atoms with Crippen molar-refractivity contribution in [3.05, 3.63) is 40.9 Å². The summed E-state index contributed by atoms with van der Waals surface area (Å²) in [6.45, 7) is 5.68. The molecule has 4 heteroatoms. The van der Waals surface area contributed by atoms with Crippen molar-refractivity contribution in [2.45, 2.75) is 20.4 Å². The first-order valence-electron chi connectivity index (χ1n) is 5.73. The summed E-state index contributed by atoms with van der Waals surface area (Å²) in [7, 11) is 0. The lowest BCUT2D eigenvalue weighted by Gasteiger charge is -2.19. The van der Waals surface area contributed by atoms with E-state index in [0.717, 1.165) is 16.6 Å². The zero-order valence-electron chi connectivity index (χ0n) is 10.2. The average Bonchev–Trinajstić information content (AvgIpc) is 2.81. The lowest BCUT2D eigenvalue weighted by atomic mass is 10.2. The normalized spacial score (nSPS) is 10.5. The Kier molecular flexibility index (Phi) is 3.76. The lowest BCUT2D eigenvalue weighted by molar-refractivity contribution is 1.01. The van der Waals surface area contributed by atoms with Gasteiger partial charge in [0.15, 0.2) is 5.13 Å². The number of nitrogens with zero attached hydrogens (tertiary/aromatic N) is 2. The number of aromatic nitrogens is 1. The van der Waals surface area contributed by atoms with Gasteiger partial charge in [-0.15, -0.1) is 11.3 Å². The predicted octanol–water partition coefficient (Wildman–Crippen LogP) is 3.07. The molecule has 0 bridgehead atoms. The number of aryl methyl sites for hydroxylation is 1. The van der Waals surface area contributed by atoms with Crippen molar-refractivity contribution in [2.75, 3.05) is 11.4 Å². The van der Waals surface area contributed by atoms with Gasteiger partial charge in [-0.1, -0.05) is 17.7 Å². The third-order valence-corrected chi connectivity index (χ3v) is 3.68. The Hall–Kier alpha value is -1.39. The van der Waals surface area contributed by atoms with Crippen LogP contribution in [0.1, 0.15) is 17.4 Å². The van der Waals surface area contributed by atoms with Crippen LogP contribution in [-0.2, 0) is 6.54 Å². The summed E-state index contributed by atoms with van der Waals surface area (Å²) in [5.41, 5.74) is 8.06. The first-order chi connectivity index (χ1) is 8.24. The fourth-order valence-electron chi connectivity index (χ4n) is 1.67. The van der Waals surface area contributed by atoms with Crippen LogP contribution in [-0.4, -0.2) is 11.5 Å². The van der Waals surface area contributed by atoms with E-state index in [4.69, 9.17) is 5.73 Å². The number of rotatable bonds is 4. The van der Waals surface area contributed by atoms with Gasteiger partial charge in [-0.3, -0.25) is 0 Å². The van der Waals surface area contributed by atoms with E-state index in [1.807, 2.05) is 6.20 Å². The van der Waals surface area contributed by atoms with Crippen molar-refractivity contribution in [1.82, 2.24) is 4.98 Å². The number of anilines is 2. The molecule has 0 saturated carbocycles. The molecule has 0 aliphatic heterocycles. The van der Waals surface area contributed by atoms with Crippen LogP contribution in [0, 0.1) is 6.92 Å². The molecule has 0 aliphatic carbocycles. The van der Waals surface area contributed by atoms with E-state index in [1.54, 1.807) is 11.3 Å². The molecule has 1 aromatic heterocycles. The van der Waals surface area contributed by atoms with Gasteiger partial charge >= 0.3 is 0 Å². The smallest absolute Gasteiger partial charge is 0.190 e. The van der Waals surface area contributed by atoms with E-state index in [-0.39, 0.29) is 0 Å². The summed E-state index contributed by atoms with van der Waals surface area (Å²) < 4.78 is 0. The molecule has 0 aliphatic rings. The third kappa shape index (κ3) is 2.65. The molecular formula is C13H17N3S. The van der Waals surface area contributed by atoms with Gasteiger partial charge in [-0.2, -0.15) is 0 Å². The molecule has 0 unspecified atom stereocenters. The van der Waals surface area contributed by atoms with Gasteiger partial charge in [0.2, 0.25) is 0 Å². The molecule has 2 aromatic rings. The first kappa shape index (κ1) is 12.1. The Bertz CT molecular complexity index is 476. The monoisotopic (exact) mass is 247 g/mol. The van der Waals surface area contributed by atoms with E-state index in [1.165, 1.54) is 11.3 Å². The Labute approximate surface area is 106 Å². The number of nitrogens with two attached hydrogens (primary N) is 1. The summed E-state index contributed by atoms with van der Waals surface area (Å²) in [4.78, 5) is 7.74. The predicted molar refractivity (Wildman–Crippen MR) is 73.9 cm³/mol. The fourth-order valence-corrected chi connectivity index (χ4v) is 2.54. The Morgan fingerprint density at radius 2 is 2.00 bits per heavy atom. The highest BCUT2D eigenvalue weighted by Crippen LogP contribution is 2.29. The summed E-state index contributed by atoms with van der Waals surface area (Å²) >= 11 is 1.65. The third-order valence-electron chi connectivity index (χ3n) is 2.64. The molecule has 2 N–H and O–H groups in total. The molecule has 0 spiro atoms. The van der Waals surface area contributed by atoms with Gasteiger partial charge in [-0.05, 0) is 26.0 Å². The summed E-state index contributed by atoms with van der Waals surface area (Å²) in [6, 6.07) is 8.50. The fraction of sp³-hybridized carbons (Fsp3) is 0.308. The number of benzene rings is 1. The molecule has 0 saturated heterocycles.